The van der Waals surface area contributed by atoms with E-state index in [1.165, 1.54) is 33.2 Å². The summed E-state index contributed by atoms with van der Waals surface area (Å²) in [4.78, 5) is 4.79. The number of ether oxygens (including phenoxy) is 2. The van der Waals surface area contributed by atoms with Crippen molar-refractivity contribution in [3.05, 3.63) is 141 Å². The number of methoxy groups -OCH3 is 1. The first-order chi connectivity index (χ1) is 21.1. The van der Waals surface area contributed by atoms with Crippen LogP contribution in [0.2, 0.25) is 0 Å². The molecule has 0 unspecified atom stereocenters. The highest BCUT2D eigenvalue weighted by atomic mass is 127. The number of benzene rings is 5. The van der Waals surface area contributed by atoms with Crippen molar-refractivity contribution in [1.82, 2.24) is 0 Å². The minimum atomic E-state index is 0.278. The molecule has 0 amide bonds. The number of nitrogens with zero attached hydrogens (tertiary/aromatic N) is 1. The number of hydrogen-bond acceptors (Lipinski definition) is 4. The lowest BCUT2D eigenvalue weighted by atomic mass is 9.76. The highest BCUT2D eigenvalue weighted by molar-refractivity contribution is 14.1. The van der Waals surface area contributed by atoms with Crippen LogP contribution in [-0.2, 0) is 6.61 Å². The second-order valence-electron chi connectivity index (χ2n) is 11.4. The van der Waals surface area contributed by atoms with Gasteiger partial charge in [0.25, 0.3) is 0 Å². The number of nitrogens with one attached hydrogen (secondary N) is 1. The molecule has 0 radical (unpaired) electrons. The zero-order valence-corrected chi connectivity index (χ0v) is 26.4. The average molecular weight is 677 g/mol. The lowest BCUT2D eigenvalue weighted by Gasteiger charge is -2.37. The number of hydrogen-bond donors (Lipinski definition) is 1. The number of aryl methyl sites for hydroxylation is 1. The molecule has 0 bridgehead atoms. The predicted molar refractivity (Wildman–Crippen MR) is 185 cm³/mol. The third-order valence-corrected chi connectivity index (χ3v) is 9.44. The lowest BCUT2D eigenvalue weighted by molar-refractivity contribution is 0.283. The molecular formula is C38H33IN2O2. The van der Waals surface area contributed by atoms with Gasteiger partial charge in [0, 0.05) is 17.8 Å². The molecule has 0 saturated heterocycles. The second-order valence-corrected chi connectivity index (χ2v) is 12.5. The zero-order chi connectivity index (χ0) is 29.3. The zero-order valence-electron chi connectivity index (χ0n) is 24.3. The molecule has 7 rings (SSSR count). The van der Waals surface area contributed by atoms with E-state index in [2.05, 4.69) is 138 Å². The van der Waals surface area contributed by atoms with Crippen LogP contribution in [0.25, 0.3) is 10.8 Å². The van der Waals surface area contributed by atoms with E-state index in [1.807, 2.05) is 12.3 Å². The van der Waals surface area contributed by atoms with Gasteiger partial charge < -0.3 is 14.8 Å². The summed E-state index contributed by atoms with van der Waals surface area (Å²) in [7, 11) is 1.68. The van der Waals surface area contributed by atoms with Gasteiger partial charge in [0.15, 0.2) is 11.5 Å². The van der Waals surface area contributed by atoms with Gasteiger partial charge in [-0.25, -0.2) is 0 Å². The first kappa shape index (κ1) is 27.7. The molecule has 0 spiro atoms. The van der Waals surface area contributed by atoms with Gasteiger partial charge in [-0.15, -0.1) is 0 Å². The summed E-state index contributed by atoms with van der Waals surface area (Å²) in [5.41, 5.74) is 8.31. The SMILES string of the molecule is COc1cc(C=Nc2ccc([C@@H]3Nc4ccc(C)cc4[C@H]4C=CC[C@@H]43)cc2)cc(I)c1OCc1cccc2ccccc12. The number of halogens is 1. The topological polar surface area (TPSA) is 42.8 Å². The molecule has 3 atom stereocenters. The average Bonchev–Trinajstić information content (AvgIpc) is 3.54. The van der Waals surface area contributed by atoms with Crippen molar-refractivity contribution in [2.45, 2.75) is 31.9 Å². The molecule has 4 nitrogen and oxygen atoms in total. The van der Waals surface area contributed by atoms with Gasteiger partial charge in [-0.05, 0) is 105 Å². The smallest absolute Gasteiger partial charge is 0.174 e. The van der Waals surface area contributed by atoms with Crippen LogP contribution >= 0.6 is 22.6 Å². The molecule has 1 aliphatic carbocycles. The maximum Gasteiger partial charge on any atom is 0.174 e. The number of anilines is 1. The highest BCUT2D eigenvalue weighted by Crippen LogP contribution is 2.50. The fraction of sp³-hybridized carbons (Fsp3) is 0.184. The van der Waals surface area contributed by atoms with Gasteiger partial charge in [-0.2, -0.15) is 0 Å². The van der Waals surface area contributed by atoms with Crippen LogP contribution in [-0.4, -0.2) is 13.3 Å². The van der Waals surface area contributed by atoms with Crippen LogP contribution in [0, 0.1) is 16.4 Å². The summed E-state index contributed by atoms with van der Waals surface area (Å²) in [6.45, 7) is 2.64. The Morgan fingerprint density at radius 1 is 0.953 bits per heavy atom. The maximum absolute atomic E-state index is 6.31. The Hall–Kier alpha value is -4.10. The third-order valence-electron chi connectivity index (χ3n) is 8.64. The number of aliphatic imine (C=N–C) groups is 1. The molecular weight excluding hydrogens is 643 g/mol. The van der Waals surface area contributed by atoms with Crippen molar-refractivity contribution < 1.29 is 9.47 Å². The fourth-order valence-corrected chi connectivity index (χ4v) is 7.26. The van der Waals surface area contributed by atoms with Crippen molar-refractivity contribution >= 4 is 51.0 Å². The first-order valence-corrected chi connectivity index (χ1v) is 15.8. The number of rotatable bonds is 7. The van der Waals surface area contributed by atoms with Gasteiger partial charge in [0.1, 0.15) is 6.61 Å². The summed E-state index contributed by atoms with van der Waals surface area (Å²) in [5.74, 6) is 2.44. The van der Waals surface area contributed by atoms with Gasteiger partial charge >= 0.3 is 0 Å². The van der Waals surface area contributed by atoms with E-state index < -0.39 is 0 Å². The molecule has 0 aromatic heterocycles. The molecule has 5 aromatic rings. The van der Waals surface area contributed by atoms with Crippen LogP contribution in [0.4, 0.5) is 11.4 Å². The quantitative estimate of drug-likeness (QED) is 0.106. The summed E-state index contributed by atoms with van der Waals surface area (Å²) in [5, 5.41) is 6.25. The molecule has 43 heavy (non-hydrogen) atoms. The molecule has 5 aromatic carbocycles. The van der Waals surface area contributed by atoms with Crippen molar-refractivity contribution in [3.8, 4) is 11.5 Å². The third kappa shape index (κ3) is 5.54. The van der Waals surface area contributed by atoms with Gasteiger partial charge in [0.05, 0.1) is 22.4 Å². The maximum atomic E-state index is 6.31. The van der Waals surface area contributed by atoms with Crippen molar-refractivity contribution in [3.63, 3.8) is 0 Å². The van der Waals surface area contributed by atoms with Crippen molar-refractivity contribution in [1.29, 1.82) is 0 Å². The van der Waals surface area contributed by atoms with Crippen molar-refractivity contribution in [2.24, 2.45) is 10.9 Å². The largest absolute Gasteiger partial charge is 0.493 e. The highest BCUT2D eigenvalue weighted by Gasteiger charge is 2.37. The summed E-state index contributed by atoms with van der Waals surface area (Å²) < 4.78 is 13.0. The van der Waals surface area contributed by atoms with Crippen LogP contribution in [0.3, 0.4) is 0 Å². The summed E-state index contributed by atoms with van der Waals surface area (Å²) >= 11 is 2.31. The Morgan fingerprint density at radius 3 is 2.65 bits per heavy atom. The minimum Gasteiger partial charge on any atom is -0.493 e. The summed E-state index contributed by atoms with van der Waals surface area (Å²) in [6, 6.07) is 34.4. The van der Waals surface area contributed by atoms with Gasteiger partial charge in [0.2, 0.25) is 0 Å². The Kier molecular flexibility index (Phi) is 7.66. The predicted octanol–water partition coefficient (Wildman–Crippen LogP) is 9.92. The number of fused-ring (bicyclic) bond motifs is 4. The Bertz CT molecular complexity index is 1860. The normalized spacial score (nSPS) is 18.8. The lowest BCUT2D eigenvalue weighted by Crippen LogP contribution is -2.29. The van der Waals surface area contributed by atoms with E-state index in [9.17, 15) is 0 Å². The second kappa shape index (κ2) is 11.9. The van der Waals surface area contributed by atoms with Crippen LogP contribution in [0.5, 0.6) is 11.5 Å². The van der Waals surface area contributed by atoms with E-state index in [-0.39, 0.29) is 6.04 Å². The molecule has 1 N–H and O–H groups in total. The van der Waals surface area contributed by atoms with E-state index in [4.69, 9.17) is 14.5 Å². The Morgan fingerprint density at radius 2 is 1.79 bits per heavy atom. The molecule has 1 heterocycles. The van der Waals surface area contributed by atoms with E-state index >= 15 is 0 Å². The van der Waals surface area contributed by atoms with E-state index in [0.29, 0.717) is 24.2 Å². The van der Waals surface area contributed by atoms with Gasteiger partial charge in [-0.3, -0.25) is 4.99 Å². The molecule has 0 saturated carbocycles. The fourth-order valence-electron chi connectivity index (χ4n) is 6.48. The monoisotopic (exact) mass is 676 g/mol. The molecule has 5 heteroatoms. The standard InChI is InChI=1S/C38H33IN2O2/c1-24-13-18-35-33(19-24)31-11-6-12-32(31)37(41-35)27-14-16-29(17-15-27)40-22-25-20-34(39)38(36(21-25)42-2)43-23-28-9-5-8-26-7-3-4-10-30(26)28/h3-11,13-22,31-32,37,41H,12,23H2,1-2H3/t31-,32-,37-/m0/s1. The Labute approximate surface area is 266 Å². The minimum absolute atomic E-state index is 0.278. The molecule has 0 fully saturated rings. The first-order valence-electron chi connectivity index (χ1n) is 14.7. The van der Waals surface area contributed by atoms with E-state index in [1.54, 1.807) is 7.11 Å². The Balaban J connectivity index is 1.07. The molecule has 214 valence electrons. The van der Waals surface area contributed by atoms with Crippen molar-refractivity contribution in [2.75, 3.05) is 12.4 Å². The summed E-state index contributed by atoms with van der Waals surface area (Å²) in [6.07, 6.45) is 7.72. The number of allylic oxidation sites excluding steroid dienone is 2. The van der Waals surface area contributed by atoms with E-state index in [0.717, 1.165) is 32.6 Å². The molecule has 1 aliphatic heterocycles. The molecule has 2 aliphatic rings. The van der Waals surface area contributed by atoms with Gasteiger partial charge in [-0.1, -0.05) is 84.4 Å². The van der Waals surface area contributed by atoms with Crippen LogP contribution in [0.15, 0.2) is 114 Å². The van der Waals surface area contributed by atoms with Crippen LogP contribution < -0.4 is 14.8 Å². The van der Waals surface area contributed by atoms with Crippen LogP contribution in [0.1, 0.15) is 46.2 Å².